The molecule has 7 heteroatoms. The van der Waals surface area contributed by atoms with Gasteiger partial charge in [0.1, 0.15) is 16.6 Å². The lowest BCUT2D eigenvalue weighted by Crippen LogP contribution is -2.06. The van der Waals surface area contributed by atoms with Crippen molar-refractivity contribution in [2.75, 3.05) is 20.3 Å². The van der Waals surface area contributed by atoms with Crippen molar-refractivity contribution >= 4 is 11.3 Å². The molecule has 0 aliphatic carbocycles. The van der Waals surface area contributed by atoms with Crippen molar-refractivity contribution in [3.63, 3.8) is 0 Å². The Bertz CT molecular complexity index is 283. The zero-order valence-electron chi connectivity index (χ0n) is 8.37. The van der Waals surface area contributed by atoms with Crippen LogP contribution in [0.4, 0.5) is 8.78 Å². The summed E-state index contributed by atoms with van der Waals surface area (Å²) in [5, 5.41) is 12.5. The van der Waals surface area contributed by atoms with E-state index in [0.29, 0.717) is 13.0 Å². The predicted molar refractivity (Wildman–Crippen MR) is 53.2 cm³/mol. The lowest BCUT2D eigenvalue weighted by atomic mass is 10.5. The van der Waals surface area contributed by atoms with E-state index in [9.17, 15) is 8.78 Å². The van der Waals surface area contributed by atoms with Gasteiger partial charge in [-0.05, 0) is 7.05 Å². The predicted octanol–water partition coefficient (Wildman–Crippen LogP) is 1.08. The number of hydrogen-bond donors (Lipinski definition) is 1. The van der Waals surface area contributed by atoms with E-state index in [-0.39, 0.29) is 6.61 Å². The van der Waals surface area contributed by atoms with Gasteiger partial charge in [-0.1, -0.05) is 0 Å². The average Bonchev–Trinajstić information content (AvgIpc) is 2.61. The molecule has 0 aromatic carbocycles. The van der Waals surface area contributed by atoms with Crippen molar-refractivity contribution < 1.29 is 13.5 Å². The topological polar surface area (TPSA) is 47.0 Å². The number of nitrogens with zero attached hydrogens (tertiary/aromatic N) is 2. The number of hydrogen-bond acceptors (Lipinski definition) is 5. The van der Waals surface area contributed by atoms with Crippen LogP contribution in [0.3, 0.4) is 0 Å². The fourth-order valence-electron chi connectivity index (χ4n) is 0.944. The van der Waals surface area contributed by atoms with E-state index in [1.807, 2.05) is 7.05 Å². The third-order valence-electron chi connectivity index (χ3n) is 1.54. The minimum Gasteiger partial charge on any atom is -0.375 e. The molecular formula is C8H13F2N3OS. The largest absolute Gasteiger partial charge is 0.375 e. The van der Waals surface area contributed by atoms with Crippen LogP contribution < -0.4 is 5.32 Å². The van der Waals surface area contributed by atoms with Crippen LogP contribution in [0.2, 0.25) is 0 Å². The maximum Gasteiger partial charge on any atom is 0.261 e. The quantitative estimate of drug-likeness (QED) is 0.721. The summed E-state index contributed by atoms with van der Waals surface area (Å²) >= 11 is 1.46. The minimum absolute atomic E-state index is 0.262. The fourth-order valence-corrected chi connectivity index (χ4v) is 1.78. The summed E-state index contributed by atoms with van der Waals surface area (Å²) in [6.45, 7) is 0.427. The summed E-state index contributed by atoms with van der Waals surface area (Å²) < 4.78 is 28.2. The Morgan fingerprint density at radius 3 is 2.80 bits per heavy atom. The van der Waals surface area contributed by atoms with Crippen LogP contribution in [0, 0.1) is 0 Å². The second kappa shape index (κ2) is 6.76. The Balaban J connectivity index is 2.19. The normalized spacial score (nSPS) is 11.2. The van der Waals surface area contributed by atoms with Gasteiger partial charge in [0.15, 0.2) is 0 Å². The second-order valence-electron chi connectivity index (χ2n) is 2.84. The fraction of sp³-hybridized carbons (Fsp3) is 0.750. The van der Waals surface area contributed by atoms with Gasteiger partial charge < -0.3 is 10.1 Å². The lowest BCUT2D eigenvalue weighted by molar-refractivity contribution is 0.0186. The van der Waals surface area contributed by atoms with Gasteiger partial charge in [-0.3, -0.25) is 0 Å². The molecule has 0 unspecified atom stereocenters. The molecule has 0 saturated carbocycles. The van der Waals surface area contributed by atoms with E-state index in [2.05, 4.69) is 15.5 Å². The Morgan fingerprint density at radius 1 is 1.40 bits per heavy atom. The summed E-state index contributed by atoms with van der Waals surface area (Å²) in [5.41, 5.74) is 0. The van der Waals surface area contributed by atoms with Gasteiger partial charge in [-0.2, -0.15) is 0 Å². The summed E-state index contributed by atoms with van der Waals surface area (Å²) in [4.78, 5) is 0. The van der Waals surface area contributed by atoms with E-state index >= 15 is 0 Å². The molecule has 4 nitrogen and oxygen atoms in total. The Kier molecular flexibility index (Phi) is 5.59. The molecule has 0 radical (unpaired) electrons. The molecule has 86 valence electrons. The van der Waals surface area contributed by atoms with E-state index in [4.69, 9.17) is 4.74 Å². The molecule has 1 heterocycles. The van der Waals surface area contributed by atoms with E-state index in [1.165, 1.54) is 11.3 Å². The number of nitrogens with one attached hydrogen (secondary N) is 1. The first-order valence-electron chi connectivity index (χ1n) is 4.54. The van der Waals surface area contributed by atoms with Gasteiger partial charge >= 0.3 is 0 Å². The minimum atomic E-state index is -2.40. The maximum absolute atomic E-state index is 11.7. The van der Waals surface area contributed by atoms with E-state index in [0.717, 1.165) is 10.0 Å². The van der Waals surface area contributed by atoms with Gasteiger partial charge in [0.25, 0.3) is 6.43 Å². The molecule has 1 aromatic rings. The standard InChI is InChI=1S/C8H13F2N3OS/c1-11-4-8-13-12-7(15-8)2-3-14-5-6(9)10/h6,11H,2-5H2,1H3. The molecule has 15 heavy (non-hydrogen) atoms. The zero-order chi connectivity index (χ0) is 11.1. The zero-order valence-corrected chi connectivity index (χ0v) is 9.19. The van der Waals surface area contributed by atoms with E-state index < -0.39 is 13.0 Å². The molecule has 0 aliphatic rings. The van der Waals surface area contributed by atoms with Crippen LogP contribution in [-0.4, -0.2) is 36.9 Å². The van der Waals surface area contributed by atoms with Crippen molar-refractivity contribution in [3.8, 4) is 0 Å². The third-order valence-corrected chi connectivity index (χ3v) is 2.52. The highest BCUT2D eigenvalue weighted by Gasteiger charge is 2.05. The summed E-state index contributed by atoms with van der Waals surface area (Å²) in [6.07, 6.45) is -1.87. The number of alkyl halides is 2. The number of halogens is 2. The SMILES string of the molecule is CNCc1nnc(CCOCC(F)F)s1. The van der Waals surface area contributed by atoms with Crippen LogP contribution >= 0.6 is 11.3 Å². The lowest BCUT2D eigenvalue weighted by Gasteiger charge is -2.00. The van der Waals surface area contributed by atoms with Crippen LogP contribution in [0.25, 0.3) is 0 Å². The smallest absolute Gasteiger partial charge is 0.261 e. The Morgan fingerprint density at radius 2 is 2.13 bits per heavy atom. The van der Waals surface area contributed by atoms with Gasteiger partial charge in [-0.15, -0.1) is 21.5 Å². The highest BCUT2D eigenvalue weighted by molar-refractivity contribution is 7.11. The van der Waals surface area contributed by atoms with Gasteiger partial charge in [0, 0.05) is 13.0 Å². The number of ether oxygens (including phenoxy) is 1. The maximum atomic E-state index is 11.7. The average molecular weight is 237 g/mol. The molecule has 1 N–H and O–H groups in total. The van der Waals surface area contributed by atoms with Crippen molar-refractivity contribution in [2.24, 2.45) is 0 Å². The molecule has 0 bridgehead atoms. The summed E-state index contributed by atoms with van der Waals surface area (Å²) in [6, 6.07) is 0. The van der Waals surface area contributed by atoms with Gasteiger partial charge in [0.05, 0.1) is 6.61 Å². The molecule has 1 rings (SSSR count). The molecular weight excluding hydrogens is 224 g/mol. The molecule has 0 saturated heterocycles. The van der Waals surface area contributed by atoms with E-state index in [1.54, 1.807) is 0 Å². The molecule has 0 fully saturated rings. The third kappa shape index (κ3) is 5.10. The van der Waals surface area contributed by atoms with Crippen LogP contribution in [0.15, 0.2) is 0 Å². The Hall–Kier alpha value is -0.660. The Labute approximate surface area is 90.7 Å². The second-order valence-corrected chi connectivity index (χ2v) is 3.98. The first-order chi connectivity index (χ1) is 7.22. The van der Waals surface area contributed by atoms with Crippen LogP contribution in [0.5, 0.6) is 0 Å². The highest BCUT2D eigenvalue weighted by atomic mass is 32.1. The van der Waals surface area contributed by atoms with Crippen molar-refractivity contribution in [2.45, 2.75) is 19.4 Å². The molecule has 0 spiro atoms. The van der Waals surface area contributed by atoms with Gasteiger partial charge in [-0.25, -0.2) is 8.78 Å². The van der Waals surface area contributed by atoms with Gasteiger partial charge in [0.2, 0.25) is 0 Å². The molecule has 0 amide bonds. The first kappa shape index (κ1) is 12.4. The molecule has 0 aliphatic heterocycles. The summed E-state index contributed by atoms with van der Waals surface area (Å²) in [5.74, 6) is 0. The van der Waals surface area contributed by atoms with Crippen molar-refractivity contribution in [1.29, 1.82) is 0 Å². The number of aromatic nitrogens is 2. The van der Waals surface area contributed by atoms with Crippen molar-refractivity contribution in [3.05, 3.63) is 10.0 Å². The van der Waals surface area contributed by atoms with Crippen molar-refractivity contribution in [1.82, 2.24) is 15.5 Å². The van der Waals surface area contributed by atoms with Crippen LogP contribution in [-0.2, 0) is 17.7 Å². The molecule has 0 atom stereocenters. The van der Waals surface area contributed by atoms with Crippen LogP contribution in [0.1, 0.15) is 10.0 Å². The first-order valence-corrected chi connectivity index (χ1v) is 5.35. The monoisotopic (exact) mass is 237 g/mol. The highest BCUT2D eigenvalue weighted by Crippen LogP contribution is 2.10. The number of rotatable bonds is 7. The molecule has 1 aromatic heterocycles. The summed E-state index contributed by atoms with van der Waals surface area (Å²) in [7, 11) is 1.83.